The molecule has 22 heteroatoms. The minimum atomic E-state index is -3.54. The van der Waals surface area contributed by atoms with Crippen molar-refractivity contribution < 1.29 is 85.0 Å². The van der Waals surface area contributed by atoms with Crippen LogP contribution in [0.15, 0.2) is 18.3 Å². The summed E-state index contributed by atoms with van der Waals surface area (Å²) in [5, 5.41) is 8.91. The van der Waals surface area contributed by atoms with Crippen LogP contribution in [0, 0.1) is 0 Å². The zero-order valence-corrected chi connectivity index (χ0v) is 60.7. The van der Waals surface area contributed by atoms with Crippen molar-refractivity contribution in [2.45, 2.75) is 233 Å². The minimum Gasteiger partial charge on any atom is -0.490 e. The molecule has 0 aliphatic rings. The zero-order valence-electron chi connectivity index (χ0n) is 59.8. The van der Waals surface area contributed by atoms with Crippen LogP contribution >= 0.6 is 7.60 Å². The number of nitrogens with zero attached hydrogens (tertiary/aromatic N) is 3. The lowest BCUT2D eigenvalue weighted by atomic mass is 10.1. The van der Waals surface area contributed by atoms with Gasteiger partial charge in [0.2, 0.25) is 5.75 Å². The molecule has 0 aliphatic carbocycles. The van der Waals surface area contributed by atoms with Gasteiger partial charge in [-0.2, -0.15) is 0 Å². The van der Waals surface area contributed by atoms with E-state index in [2.05, 4.69) is 43.2 Å². The summed E-state index contributed by atoms with van der Waals surface area (Å²) in [5.74, 6) is 2.26. The highest BCUT2D eigenvalue weighted by Crippen LogP contribution is 2.41. The molecule has 0 amide bonds. The molecule has 0 radical (unpaired) electrons. The van der Waals surface area contributed by atoms with Crippen molar-refractivity contribution in [1.29, 1.82) is 0 Å². The van der Waals surface area contributed by atoms with Gasteiger partial charge in [0.05, 0.1) is 204 Å². The Balaban J connectivity index is 1.60. The van der Waals surface area contributed by atoms with Crippen molar-refractivity contribution in [2.75, 3.05) is 185 Å². The van der Waals surface area contributed by atoms with Crippen LogP contribution in [-0.2, 0) is 79.1 Å². The largest absolute Gasteiger partial charge is 0.490 e. The Labute approximate surface area is 570 Å². The Hall–Kier alpha value is -2.57. The quantitative estimate of drug-likeness (QED) is 0.0481. The Morgan fingerprint density at radius 3 is 0.936 bits per heavy atom. The van der Waals surface area contributed by atoms with Gasteiger partial charge in [-0.1, -0.05) is 199 Å². The van der Waals surface area contributed by atoms with E-state index in [1.807, 2.05) is 10.9 Å². The van der Waals surface area contributed by atoms with Crippen molar-refractivity contribution in [3.63, 3.8) is 0 Å². The SMILES string of the molecule is CCCCCCCCCCCCOc1cc(Cn2cc(COCCOCCOCCOCCOCCOCCOCCOCCOCCOCCOCCOCCP(=O)(O)OCC)nn2)cc(OCCCCCCCCCCCC)c1OCCCCCCCCCCCC. The normalized spacial score (nSPS) is 12.4. The molecule has 2 rings (SSSR count). The van der Waals surface area contributed by atoms with Gasteiger partial charge in [0.25, 0.3) is 0 Å². The molecular weight excluding hydrogens is 1230 g/mol. The third-order valence-electron chi connectivity index (χ3n) is 15.5. The fourth-order valence-electron chi connectivity index (χ4n) is 10.1. The molecule has 94 heavy (non-hydrogen) atoms. The van der Waals surface area contributed by atoms with E-state index in [1.54, 1.807) is 6.92 Å². The Bertz CT molecular complexity index is 1880. The molecular formula is C72H136N3O18P. The number of rotatable bonds is 78. The van der Waals surface area contributed by atoms with Gasteiger partial charge in [-0.05, 0) is 43.9 Å². The van der Waals surface area contributed by atoms with Crippen molar-refractivity contribution >= 4 is 7.60 Å². The van der Waals surface area contributed by atoms with Crippen LogP contribution in [-0.4, -0.2) is 204 Å². The minimum absolute atomic E-state index is 0.0344. The summed E-state index contributed by atoms with van der Waals surface area (Å²) in [5.41, 5.74) is 1.79. The van der Waals surface area contributed by atoms with Crippen LogP contribution in [0.2, 0.25) is 0 Å². The molecule has 21 nitrogen and oxygen atoms in total. The predicted octanol–water partition coefficient (Wildman–Crippen LogP) is 15.1. The monoisotopic (exact) mass is 1360 g/mol. The molecule has 1 aromatic carbocycles. The predicted molar refractivity (Wildman–Crippen MR) is 373 cm³/mol. The van der Waals surface area contributed by atoms with Crippen molar-refractivity contribution in [2.24, 2.45) is 0 Å². The van der Waals surface area contributed by atoms with Crippen LogP contribution in [0.5, 0.6) is 17.2 Å². The summed E-state index contributed by atoms with van der Waals surface area (Å²) in [4.78, 5) is 9.49. The third-order valence-corrected chi connectivity index (χ3v) is 16.9. The lowest BCUT2D eigenvalue weighted by Gasteiger charge is -2.19. The second kappa shape index (κ2) is 68.9. The molecule has 0 bridgehead atoms. The molecule has 0 saturated heterocycles. The average Bonchev–Trinajstić information content (AvgIpc) is 1.20. The Morgan fingerprint density at radius 1 is 0.351 bits per heavy atom. The molecule has 1 heterocycles. The molecule has 1 aromatic heterocycles. The van der Waals surface area contributed by atoms with Crippen molar-refractivity contribution in [3.8, 4) is 17.2 Å². The lowest BCUT2D eigenvalue weighted by molar-refractivity contribution is -0.0284. The molecule has 0 fully saturated rings. The van der Waals surface area contributed by atoms with Crippen molar-refractivity contribution in [3.05, 3.63) is 29.6 Å². The number of ether oxygens (including phenoxy) is 15. The van der Waals surface area contributed by atoms with Gasteiger partial charge in [0.15, 0.2) is 11.5 Å². The molecule has 0 saturated carbocycles. The summed E-state index contributed by atoms with van der Waals surface area (Å²) in [6, 6.07) is 4.25. The Kier molecular flexibility index (Phi) is 64.2. The van der Waals surface area contributed by atoms with Crippen LogP contribution in [0.3, 0.4) is 0 Å². The number of benzene rings is 1. The Morgan fingerprint density at radius 2 is 0.628 bits per heavy atom. The van der Waals surface area contributed by atoms with Gasteiger partial charge >= 0.3 is 7.60 Å². The van der Waals surface area contributed by atoms with Crippen LogP contribution in [0.1, 0.15) is 232 Å². The first kappa shape index (κ1) is 87.5. The van der Waals surface area contributed by atoms with Gasteiger partial charge in [-0.25, -0.2) is 4.68 Å². The van der Waals surface area contributed by atoms with Gasteiger partial charge in [0.1, 0.15) is 5.69 Å². The van der Waals surface area contributed by atoms with Gasteiger partial charge in [0, 0.05) is 0 Å². The summed E-state index contributed by atoms with van der Waals surface area (Å²) in [6.07, 6.45) is 40.3. The maximum atomic E-state index is 11.6. The number of unbranched alkanes of at least 4 members (excludes halogenated alkanes) is 27. The number of aromatic nitrogens is 3. The molecule has 0 aliphatic heterocycles. The van der Waals surface area contributed by atoms with E-state index < -0.39 is 7.60 Å². The zero-order chi connectivity index (χ0) is 67.2. The van der Waals surface area contributed by atoms with E-state index in [9.17, 15) is 9.46 Å². The van der Waals surface area contributed by atoms with E-state index in [0.29, 0.717) is 178 Å². The summed E-state index contributed by atoms with van der Waals surface area (Å²) in [7, 11) is -3.54. The van der Waals surface area contributed by atoms with Gasteiger partial charge in [-0.15, -0.1) is 5.10 Å². The molecule has 0 spiro atoms. The highest BCUT2D eigenvalue weighted by molar-refractivity contribution is 7.52. The van der Waals surface area contributed by atoms with E-state index in [4.69, 9.17) is 75.6 Å². The average molecular weight is 1360 g/mol. The molecule has 1 unspecified atom stereocenters. The van der Waals surface area contributed by atoms with E-state index in [-0.39, 0.29) is 19.4 Å². The molecule has 552 valence electrons. The highest BCUT2D eigenvalue weighted by atomic mass is 31.2. The van der Waals surface area contributed by atoms with E-state index >= 15 is 0 Å². The smallest absolute Gasteiger partial charge is 0.330 e. The maximum Gasteiger partial charge on any atom is 0.330 e. The van der Waals surface area contributed by atoms with Crippen LogP contribution < -0.4 is 14.2 Å². The second-order valence-electron chi connectivity index (χ2n) is 24.0. The van der Waals surface area contributed by atoms with Gasteiger partial charge < -0.3 is 80.5 Å². The standard InChI is InChI=1S/C72H136N3O18P/c1-5-9-12-15-18-21-24-27-30-33-36-90-70-63-68(64-71(91-37-34-31-28-25-22-19-16-13-10-6-2)72(70)92-38-35-32-29-26-23-20-17-14-11-7-3)65-75-66-69(73-74-75)67-89-60-59-87-56-55-85-52-51-83-48-47-81-44-43-79-40-39-78-41-42-80-45-46-82-49-50-84-53-54-86-57-58-88-61-62-94(76,77)93-8-4/h63-64,66H,5-62,65,67H2,1-4H3,(H,76,77). The summed E-state index contributed by atoms with van der Waals surface area (Å²) >= 11 is 0. The van der Waals surface area contributed by atoms with Crippen LogP contribution in [0.4, 0.5) is 0 Å². The molecule has 2 aromatic rings. The first-order valence-corrected chi connectivity index (χ1v) is 39.0. The summed E-state index contributed by atoms with van der Waals surface area (Å²) < 4.78 is 105. The van der Waals surface area contributed by atoms with E-state index in [1.165, 1.54) is 173 Å². The number of hydrogen-bond acceptors (Lipinski definition) is 19. The van der Waals surface area contributed by atoms with Crippen LogP contribution in [0.25, 0.3) is 0 Å². The summed E-state index contributed by atoms with van der Waals surface area (Å²) in [6.45, 7) is 21.6. The third kappa shape index (κ3) is 57.3. The van der Waals surface area contributed by atoms with Crippen molar-refractivity contribution in [1.82, 2.24) is 15.0 Å². The highest BCUT2D eigenvalue weighted by Gasteiger charge is 2.19. The lowest BCUT2D eigenvalue weighted by Crippen LogP contribution is -2.15. The second-order valence-corrected chi connectivity index (χ2v) is 26.0. The molecule has 1 N–H and O–H groups in total. The fraction of sp³-hybridized carbons (Fsp3) is 0.889. The first-order valence-electron chi connectivity index (χ1n) is 37.3. The van der Waals surface area contributed by atoms with Gasteiger partial charge in [-0.3, -0.25) is 4.57 Å². The first-order chi connectivity index (χ1) is 46.4. The fourth-order valence-corrected chi connectivity index (χ4v) is 11.0. The topological polar surface area (TPSA) is 216 Å². The maximum absolute atomic E-state index is 11.6. The van der Waals surface area contributed by atoms with E-state index in [0.717, 1.165) is 47.8 Å². The number of hydrogen-bond donors (Lipinski definition) is 1. The molecule has 1 atom stereocenters.